The third-order valence-corrected chi connectivity index (χ3v) is 3.30. The molecule has 104 valence electrons. The summed E-state index contributed by atoms with van der Waals surface area (Å²) in [7, 11) is 0. The number of carbonyl (C=O) groups is 1. The summed E-state index contributed by atoms with van der Waals surface area (Å²) < 4.78 is 0. The quantitative estimate of drug-likeness (QED) is 0.837. The SMILES string of the molecule is CCc1ccccc1CNC(=O)c1cc(C)cc(N)c1. The number of hydrogen-bond acceptors (Lipinski definition) is 2. The maximum absolute atomic E-state index is 12.2. The average Bonchev–Trinajstić information content (AvgIpc) is 2.44. The predicted molar refractivity (Wildman–Crippen MR) is 82.6 cm³/mol. The number of amides is 1. The number of hydrogen-bond donors (Lipinski definition) is 2. The first-order valence-corrected chi connectivity index (χ1v) is 6.82. The van der Waals surface area contributed by atoms with E-state index in [4.69, 9.17) is 5.73 Å². The van der Waals surface area contributed by atoms with Gasteiger partial charge in [0.15, 0.2) is 0 Å². The summed E-state index contributed by atoms with van der Waals surface area (Å²) in [6, 6.07) is 13.5. The molecule has 0 saturated carbocycles. The fourth-order valence-electron chi connectivity index (χ4n) is 2.30. The standard InChI is InChI=1S/C17H20N2O/c1-3-13-6-4-5-7-14(13)11-19-17(20)15-8-12(2)9-16(18)10-15/h4-10H,3,11,18H2,1-2H3,(H,19,20). The minimum Gasteiger partial charge on any atom is -0.399 e. The van der Waals surface area contributed by atoms with E-state index in [9.17, 15) is 4.79 Å². The van der Waals surface area contributed by atoms with Gasteiger partial charge in [-0.25, -0.2) is 0 Å². The lowest BCUT2D eigenvalue weighted by molar-refractivity contribution is 0.0951. The van der Waals surface area contributed by atoms with Crippen molar-refractivity contribution in [3.63, 3.8) is 0 Å². The van der Waals surface area contributed by atoms with E-state index in [1.165, 1.54) is 5.56 Å². The fraction of sp³-hybridized carbons (Fsp3) is 0.235. The van der Waals surface area contributed by atoms with Crippen molar-refractivity contribution in [3.05, 3.63) is 64.7 Å². The van der Waals surface area contributed by atoms with Crippen LogP contribution in [0.15, 0.2) is 42.5 Å². The van der Waals surface area contributed by atoms with Crippen molar-refractivity contribution in [3.8, 4) is 0 Å². The van der Waals surface area contributed by atoms with Gasteiger partial charge in [-0.05, 0) is 48.2 Å². The highest BCUT2D eigenvalue weighted by atomic mass is 16.1. The van der Waals surface area contributed by atoms with E-state index in [0.29, 0.717) is 17.8 Å². The number of anilines is 1. The van der Waals surface area contributed by atoms with Crippen molar-refractivity contribution in [1.29, 1.82) is 0 Å². The van der Waals surface area contributed by atoms with Gasteiger partial charge in [0.25, 0.3) is 5.91 Å². The molecule has 0 bridgehead atoms. The molecule has 2 aromatic rings. The Balaban J connectivity index is 2.08. The highest BCUT2D eigenvalue weighted by molar-refractivity contribution is 5.95. The lowest BCUT2D eigenvalue weighted by Crippen LogP contribution is -2.23. The molecule has 0 aliphatic rings. The van der Waals surface area contributed by atoms with Crippen LogP contribution in [0.3, 0.4) is 0 Å². The van der Waals surface area contributed by atoms with E-state index in [1.54, 1.807) is 6.07 Å². The minimum absolute atomic E-state index is 0.0914. The molecule has 3 N–H and O–H groups in total. The molecule has 3 nitrogen and oxygen atoms in total. The molecule has 20 heavy (non-hydrogen) atoms. The number of nitrogen functional groups attached to an aromatic ring is 1. The molecule has 2 aromatic carbocycles. The second kappa shape index (κ2) is 6.24. The molecule has 0 radical (unpaired) electrons. The predicted octanol–water partition coefficient (Wildman–Crippen LogP) is 3.07. The molecule has 0 fully saturated rings. The molecule has 3 heteroatoms. The molecule has 0 spiro atoms. The number of aryl methyl sites for hydroxylation is 2. The highest BCUT2D eigenvalue weighted by Gasteiger charge is 2.07. The van der Waals surface area contributed by atoms with E-state index in [0.717, 1.165) is 17.5 Å². The lowest BCUT2D eigenvalue weighted by atomic mass is 10.1. The molecule has 0 aliphatic carbocycles. The van der Waals surface area contributed by atoms with Crippen LogP contribution >= 0.6 is 0 Å². The lowest BCUT2D eigenvalue weighted by Gasteiger charge is -2.10. The number of nitrogens with one attached hydrogen (secondary N) is 1. The van der Waals surface area contributed by atoms with Crippen molar-refractivity contribution in [2.75, 3.05) is 5.73 Å². The van der Waals surface area contributed by atoms with Gasteiger partial charge in [0.05, 0.1) is 0 Å². The Labute approximate surface area is 119 Å². The normalized spacial score (nSPS) is 10.3. The summed E-state index contributed by atoms with van der Waals surface area (Å²) in [5.74, 6) is -0.0914. The molecular formula is C17H20N2O. The summed E-state index contributed by atoms with van der Waals surface area (Å²) in [5.41, 5.74) is 10.4. The Kier molecular flexibility index (Phi) is 4.41. The van der Waals surface area contributed by atoms with Crippen LogP contribution in [-0.4, -0.2) is 5.91 Å². The van der Waals surface area contributed by atoms with Gasteiger partial charge in [0, 0.05) is 17.8 Å². The highest BCUT2D eigenvalue weighted by Crippen LogP contribution is 2.12. The molecule has 0 heterocycles. The third-order valence-electron chi connectivity index (χ3n) is 3.30. The van der Waals surface area contributed by atoms with Crippen molar-refractivity contribution in [2.24, 2.45) is 0 Å². The van der Waals surface area contributed by atoms with Crippen LogP contribution in [0.2, 0.25) is 0 Å². The van der Waals surface area contributed by atoms with Gasteiger partial charge in [0.2, 0.25) is 0 Å². The van der Waals surface area contributed by atoms with Gasteiger partial charge in [-0.1, -0.05) is 31.2 Å². The van der Waals surface area contributed by atoms with Gasteiger partial charge in [-0.15, -0.1) is 0 Å². The molecule has 2 rings (SSSR count). The van der Waals surface area contributed by atoms with Gasteiger partial charge >= 0.3 is 0 Å². The molecule has 0 unspecified atom stereocenters. The second-order valence-electron chi connectivity index (χ2n) is 4.94. The Morgan fingerprint density at radius 1 is 1.15 bits per heavy atom. The van der Waals surface area contributed by atoms with E-state index in [2.05, 4.69) is 18.3 Å². The first-order valence-electron chi connectivity index (χ1n) is 6.82. The van der Waals surface area contributed by atoms with E-state index >= 15 is 0 Å². The van der Waals surface area contributed by atoms with Crippen molar-refractivity contribution in [1.82, 2.24) is 5.32 Å². The first-order chi connectivity index (χ1) is 9.60. The van der Waals surface area contributed by atoms with Crippen LogP contribution in [0.1, 0.15) is 34.0 Å². The Bertz CT molecular complexity index is 600. The summed E-state index contributed by atoms with van der Waals surface area (Å²) >= 11 is 0. The molecule has 0 aliphatic heterocycles. The molecule has 0 aromatic heterocycles. The molecule has 0 atom stereocenters. The van der Waals surface area contributed by atoms with Gasteiger partial charge in [-0.2, -0.15) is 0 Å². The van der Waals surface area contributed by atoms with E-state index in [1.807, 2.05) is 37.3 Å². The summed E-state index contributed by atoms with van der Waals surface area (Å²) in [4.78, 5) is 12.2. The Hall–Kier alpha value is -2.29. The van der Waals surface area contributed by atoms with Crippen molar-refractivity contribution >= 4 is 11.6 Å². The van der Waals surface area contributed by atoms with Crippen LogP contribution in [0.25, 0.3) is 0 Å². The van der Waals surface area contributed by atoms with Gasteiger partial charge in [0.1, 0.15) is 0 Å². The topological polar surface area (TPSA) is 55.1 Å². The van der Waals surface area contributed by atoms with Crippen LogP contribution in [-0.2, 0) is 13.0 Å². The zero-order valence-electron chi connectivity index (χ0n) is 11.9. The summed E-state index contributed by atoms with van der Waals surface area (Å²) in [6.45, 7) is 4.58. The number of carbonyl (C=O) groups excluding carboxylic acids is 1. The number of benzene rings is 2. The van der Waals surface area contributed by atoms with Crippen LogP contribution in [0, 0.1) is 6.92 Å². The zero-order valence-corrected chi connectivity index (χ0v) is 11.9. The fourth-order valence-corrected chi connectivity index (χ4v) is 2.30. The van der Waals surface area contributed by atoms with E-state index < -0.39 is 0 Å². The Morgan fingerprint density at radius 2 is 1.85 bits per heavy atom. The molecular weight excluding hydrogens is 248 g/mol. The number of nitrogens with two attached hydrogens (primary N) is 1. The minimum atomic E-state index is -0.0914. The van der Waals surface area contributed by atoms with Gasteiger partial charge in [-0.3, -0.25) is 4.79 Å². The Morgan fingerprint density at radius 3 is 2.50 bits per heavy atom. The van der Waals surface area contributed by atoms with Gasteiger partial charge < -0.3 is 11.1 Å². The second-order valence-corrected chi connectivity index (χ2v) is 4.94. The largest absolute Gasteiger partial charge is 0.399 e. The first kappa shape index (κ1) is 14.1. The van der Waals surface area contributed by atoms with Crippen LogP contribution in [0.5, 0.6) is 0 Å². The van der Waals surface area contributed by atoms with Crippen LogP contribution < -0.4 is 11.1 Å². The summed E-state index contributed by atoms with van der Waals surface area (Å²) in [5, 5.41) is 2.95. The smallest absolute Gasteiger partial charge is 0.251 e. The third kappa shape index (κ3) is 3.38. The maximum atomic E-state index is 12.2. The summed E-state index contributed by atoms with van der Waals surface area (Å²) in [6.07, 6.45) is 0.962. The molecule has 1 amide bonds. The van der Waals surface area contributed by atoms with E-state index in [-0.39, 0.29) is 5.91 Å². The van der Waals surface area contributed by atoms with Crippen molar-refractivity contribution < 1.29 is 4.79 Å². The number of rotatable bonds is 4. The molecule has 0 saturated heterocycles. The van der Waals surface area contributed by atoms with Crippen LogP contribution in [0.4, 0.5) is 5.69 Å². The average molecular weight is 268 g/mol. The monoisotopic (exact) mass is 268 g/mol. The maximum Gasteiger partial charge on any atom is 0.251 e. The zero-order chi connectivity index (χ0) is 14.5. The van der Waals surface area contributed by atoms with Crippen molar-refractivity contribution in [2.45, 2.75) is 26.8 Å².